The molecule has 0 saturated heterocycles. The molecule has 0 aliphatic heterocycles. The lowest BCUT2D eigenvalue weighted by Crippen LogP contribution is -2.13. The third-order valence-corrected chi connectivity index (χ3v) is 2.81. The summed E-state index contributed by atoms with van der Waals surface area (Å²) in [5.74, 6) is 0.891. The number of aromatic nitrogens is 5. The van der Waals surface area contributed by atoms with Crippen LogP contribution in [0.1, 0.15) is 5.56 Å². The summed E-state index contributed by atoms with van der Waals surface area (Å²) in [4.78, 5) is 22.7. The normalized spacial score (nSPS) is 10.7. The van der Waals surface area contributed by atoms with Crippen molar-refractivity contribution < 1.29 is 4.74 Å². The second-order valence-corrected chi connectivity index (χ2v) is 4.07. The minimum Gasteiger partial charge on any atom is -0.481 e. The molecule has 0 saturated carbocycles. The number of methoxy groups -OCH3 is 1. The quantitative estimate of drug-likeness (QED) is 0.644. The van der Waals surface area contributed by atoms with E-state index in [0.717, 1.165) is 5.56 Å². The first-order valence-corrected chi connectivity index (χ1v) is 5.93. The summed E-state index contributed by atoms with van der Waals surface area (Å²) in [5.41, 5.74) is 1.06. The zero-order valence-corrected chi connectivity index (χ0v) is 10.7. The summed E-state index contributed by atoms with van der Waals surface area (Å²) in [5, 5.41) is 9.90. The third kappa shape index (κ3) is 2.18. The van der Waals surface area contributed by atoms with E-state index in [1.165, 1.54) is 6.20 Å². The molecule has 0 radical (unpaired) electrons. The number of ether oxygens (including phenoxy) is 1. The van der Waals surface area contributed by atoms with Gasteiger partial charge in [-0.3, -0.25) is 14.9 Å². The van der Waals surface area contributed by atoms with E-state index in [9.17, 15) is 4.79 Å². The Morgan fingerprint density at radius 3 is 3.20 bits per heavy atom. The largest absolute Gasteiger partial charge is 0.481 e. The average Bonchev–Trinajstić information content (AvgIpc) is 2.94. The Kier molecular flexibility index (Phi) is 3.04. The molecule has 0 aromatic carbocycles. The van der Waals surface area contributed by atoms with Crippen molar-refractivity contribution in [2.45, 2.75) is 6.54 Å². The van der Waals surface area contributed by atoms with Crippen LogP contribution in [0, 0.1) is 0 Å². The fourth-order valence-electron chi connectivity index (χ4n) is 1.85. The molecule has 3 heterocycles. The van der Waals surface area contributed by atoms with Gasteiger partial charge in [0.1, 0.15) is 5.39 Å². The first-order valence-electron chi connectivity index (χ1n) is 5.93. The van der Waals surface area contributed by atoms with Crippen LogP contribution in [0.15, 0.2) is 29.3 Å². The molecule has 0 atom stereocenters. The minimum atomic E-state index is -0.246. The highest BCUT2D eigenvalue weighted by Crippen LogP contribution is 2.14. The molecule has 0 aliphatic carbocycles. The molecule has 0 spiro atoms. The summed E-state index contributed by atoms with van der Waals surface area (Å²) in [6.07, 6.45) is 3.09. The van der Waals surface area contributed by atoms with Gasteiger partial charge in [-0.25, -0.2) is 4.98 Å². The Morgan fingerprint density at radius 2 is 2.35 bits per heavy atom. The fraction of sp³-hybridized carbons (Fsp3) is 0.167. The van der Waals surface area contributed by atoms with Crippen LogP contribution in [-0.4, -0.2) is 32.3 Å². The summed E-state index contributed by atoms with van der Waals surface area (Å²) in [7, 11) is 1.56. The Bertz CT molecular complexity index is 794. The first kappa shape index (κ1) is 12.2. The number of nitrogens with one attached hydrogen (secondary N) is 3. The van der Waals surface area contributed by atoms with E-state index < -0.39 is 0 Å². The SMILES string of the molecule is COc1ncccc1CNc1nc2[nH]ncc2c(=O)[nH]1. The van der Waals surface area contributed by atoms with Crippen molar-refractivity contribution in [1.82, 2.24) is 25.1 Å². The van der Waals surface area contributed by atoms with Crippen molar-refractivity contribution in [3.8, 4) is 5.88 Å². The van der Waals surface area contributed by atoms with Crippen LogP contribution in [0.2, 0.25) is 0 Å². The van der Waals surface area contributed by atoms with Crippen LogP contribution in [0.5, 0.6) is 5.88 Å². The molecule has 0 amide bonds. The number of anilines is 1. The van der Waals surface area contributed by atoms with E-state index in [1.807, 2.05) is 12.1 Å². The number of nitrogens with zero attached hydrogens (tertiary/aromatic N) is 3. The second kappa shape index (κ2) is 5.00. The molecular weight excluding hydrogens is 260 g/mol. The second-order valence-electron chi connectivity index (χ2n) is 4.07. The van der Waals surface area contributed by atoms with Gasteiger partial charge in [0.05, 0.1) is 13.3 Å². The molecule has 0 bridgehead atoms. The lowest BCUT2D eigenvalue weighted by atomic mass is 10.3. The van der Waals surface area contributed by atoms with Gasteiger partial charge in [-0.2, -0.15) is 10.1 Å². The predicted octanol–water partition coefficient (Wildman–Crippen LogP) is 0.662. The lowest BCUT2D eigenvalue weighted by Gasteiger charge is -2.08. The van der Waals surface area contributed by atoms with Crippen molar-refractivity contribution in [1.29, 1.82) is 0 Å². The summed E-state index contributed by atoms with van der Waals surface area (Å²) in [6, 6.07) is 3.69. The maximum atomic E-state index is 11.8. The number of hydrogen-bond acceptors (Lipinski definition) is 6. The van der Waals surface area contributed by atoms with Gasteiger partial charge in [0.15, 0.2) is 5.65 Å². The molecule has 20 heavy (non-hydrogen) atoms. The topological polar surface area (TPSA) is 109 Å². The molecule has 8 nitrogen and oxygen atoms in total. The number of fused-ring (bicyclic) bond motifs is 1. The maximum Gasteiger partial charge on any atom is 0.263 e. The van der Waals surface area contributed by atoms with E-state index in [4.69, 9.17) is 4.74 Å². The van der Waals surface area contributed by atoms with Gasteiger partial charge in [-0.15, -0.1) is 0 Å². The number of pyridine rings is 1. The Morgan fingerprint density at radius 1 is 1.45 bits per heavy atom. The zero-order chi connectivity index (χ0) is 13.9. The van der Waals surface area contributed by atoms with E-state index in [-0.39, 0.29) is 5.56 Å². The van der Waals surface area contributed by atoms with Crippen LogP contribution in [0.25, 0.3) is 11.0 Å². The minimum absolute atomic E-state index is 0.246. The highest BCUT2D eigenvalue weighted by Gasteiger charge is 2.07. The number of H-pyrrole nitrogens is 2. The number of hydrogen-bond donors (Lipinski definition) is 3. The van der Waals surface area contributed by atoms with Gasteiger partial charge >= 0.3 is 0 Å². The van der Waals surface area contributed by atoms with Crippen LogP contribution in [-0.2, 0) is 6.54 Å². The standard InChI is InChI=1S/C12H12N6O2/c1-20-11-7(3-2-4-13-11)5-14-12-16-9-8(6-15-18-9)10(19)17-12/h2-4,6H,5H2,1H3,(H3,14,15,16,17,18,19). The summed E-state index contributed by atoms with van der Waals surface area (Å²) in [6.45, 7) is 0.430. The third-order valence-electron chi connectivity index (χ3n) is 2.81. The molecule has 0 fully saturated rings. The van der Waals surface area contributed by atoms with E-state index in [0.29, 0.717) is 29.4 Å². The Hall–Kier alpha value is -2.90. The van der Waals surface area contributed by atoms with Gasteiger partial charge < -0.3 is 10.1 Å². The zero-order valence-electron chi connectivity index (χ0n) is 10.7. The smallest absolute Gasteiger partial charge is 0.263 e. The van der Waals surface area contributed by atoms with Gasteiger partial charge in [-0.05, 0) is 6.07 Å². The van der Waals surface area contributed by atoms with Gasteiger partial charge in [0.2, 0.25) is 11.8 Å². The Balaban J connectivity index is 1.85. The molecule has 3 rings (SSSR count). The van der Waals surface area contributed by atoms with Crippen molar-refractivity contribution >= 4 is 17.0 Å². The Labute approximate surface area is 113 Å². The molecule has 102 valence electrons. The molecule has 3 aromatic heterocycles. The molecule has 3 aromatic rings. The molecular formula is C12H12N6O2. The van der Waals surface area contributed by atoms with E-state index >= 15 is 0 Å². The molecule has 0 aliphatic rings. The number of rotatable bonds is 4. The van der Waals surface area contributed by atoms with Crippen LogP contribution in [0.4, 0.5) is 5.95 Å². The molecule has 3 N–H and O–H groups in total. The summed E-state index contributed by atoms with van der Waals surface area (Å²) >= 11 is 0. The number of aromatic amines is 2. The van der Waals surface area contributed by atoms with Gasteiger partial charge in [-0.1, -0.05) is 6.07 Å². The van der Waals surface area contributed by atoms with E-state index in [2.05, 4.69) is 30.5 Å². The van der Waals surface area contributed by atoms with Crippen LogP contribution < -0.4 is 15.6 Å². The monoisotopic (exact) mass is 272 g/mol. The van der Waals surface area contributed by atoms with Crippen LogP contribution in [0.3, 0.4) is 0 Å². The van der Waals surface area contributed by atoms with Crippen molar-refractivity contribution in [2.24, 2.45) is 0 Å². The highest BCUT2D eigenvalue weighted by atomic mass is 16.5. The highest BCUT2D eigenvalue weighted by molar-refractivity contribution is 5.73. The van der Waals surface area contributed by atoms with Gasteiger partial charge in [0.25, 0.3) is 5.56 Å². The molecule has 8 heteroatoms. The van der Waals surface area contributed by atoms with E-state index in [1.54, 1.807) is 13.3 Å². The fourth-order valence-corrected chi connectivity index (χ4v) is 1.85. The first-order chi connectivity index (χ1) is 9.78. The van der Waals surface area contributed by atoms with Crippen molar-refractivity contribution in [3.63, 3.8) is 0 Å². The molecule has 0 unspecified atom stereocenters. The maximum absolute atomic E-state index is 11.8. The predicted molar refractivity (Wildman–Crippen MR) is 72.6 cm³/mol. The van der Waals surface area contributed by atoms with Gasteiger partial charge in [0, 0.05) is 18.3 Å². The van der Waals surface area contributed by atoms with Crippen LogP contribution >= 0.6 is 0 Å². The van der Waals surface area contributed by atoms with Crippen molar-refractivity contribution in [2.75, 3.05) is 12.4 Å². The van der Waals surface area contributed by atoms with Crippen molar-refractivity contribution in [3.05, 3.63) is 40.4 Å². The summed E-state index contributed by atoms with van der Waals surface area (Å²) < 4.78 is 5.16. The average molecular weight is 272 g/mol. The lowest BCUT2D eigenvalue weighted by molar-refractivity contribution is 0.393.